The van der Waals surface area contributed by atoms with E-state index in [1.54, 1.807) is 17.8 Å². The summed E-state index contributed by atoms with van der Waals surface area (Å²) < 4.78 is 67.7. The summed E-state index contributed by atoms with van der Waals surface area (Å²) in [4.78, 5) is 12.7. The van der Waals surface area contributed by atoms with Gasteiger partial charge < -0.3 is 10.6 Å². The van der Waals surface area contributed by atoms with E-state index in [2.05, 4.69) is 15.4 Å². The molecular weight excluding hydrogens is 519 g/mol. The van der Waals surface area contributed by atoms with Crippen LogP contribution in [0.3, 0.4) is 0 Å². The van der Waals surface area contributed by atoms with Crippen LogP contribution >= 0.6 is 23.1 Å². The molecule has 0 saturated carbocycles. The van der Waals surface area contributed by atoms with Crippen LogP contribution < -0.4 is 15.4 Å². The summed E-state index contributed by atoms with van der Waals surface area (Å²) in [6.07, 6.45) is -3.07. The molecule has 0 spiro atoms. The smallest absolute Gasteiger partial charge is 0.308 e. The minimum absolute atomic E-state index is 0.0101. The molecule has 186 valence electrons. The van der Waals surface area contributed by atoms with Crippen molar-refractivity contribution in [3.8, 4) is 11.1 Å². The molecule has 1 fully saturated rings. The Hall–Kier alpha value is -2.54. The molecule has 2 heterocycles. The fourth-order valence-electron chi connectivity index (χ4n) is 3.62. The Labute approximate surface area is 209 Å². The van der Waals surface area contributed by atoms with Crippen molar-refractivity contribution in [2.24, 2.45) is 0 Å². The molecule has 3 N–H and O–H groups in total. The van der Waals surface area contributed by atoms with E-state index in [0.29, 0.717) is 5.56 Å². The highest BCUT2D eigenvalue weighted by molar-refractivity contribution is 7.99. The minimum atomic E-state index is -4.55. The second kappa shape index (κ2) is 10.6. The van der Waals surface area contributed by atoms with Crippen molar-refractivity contribution in [1.82, 2.24) is 4.72 Å². The zero-order valence-electron chi connectivity index (χ0n) is 18.3. The minimum Gasteiger partial charge on any atom is -0.308 e. The predicted octanol–water partition coefficient (Wildman–Crippen LogP) is 6.25. The number of hydrogen-bond acceptors (Lipinski definition) is 5. The number of carbonyl (C=O) groups is 1. The van der Waals surface area contributed by atoms with Gasteiger partial charge in [-0.1, -0.05) is 12.1 Å². The monoisotopic (exact) mass is 541 g/mol. The number of alkyl halides is 3. The lowest BCUT2D eigenvalue weighted by Crippen LogP contribution is -2.37. The van der Waals surface area contributed by atoms with Gasteiger partial charge in [0.15, 0.2) is 0 Å². The summed E-state index contributed by atoms with van der Waals surface area (Å²) in [6.45, 7) is 0. The number of benzene rings is 2. The highest BCUT2D eigenvalue weighted by Crippen LogP contribution is 2.33. The normalized spacial score (nSPS) is 15.1. The Morgan fingerprint density at radius 2 is 1.77 bits per heavy atom. The molecule has 0 bridgehead atoms. The molecule has 1 saturated heterocycles. The summed E-state index contributed by atoms with van der Waals surface area (Å²) in [5.41, 5.74) is 0.628. The van der Waals surface area contributed by atoms with E-state index in [-0.39, 0.29) is 22.3 Å². The van der Waals surface area contributed by atoms with Gasteiger partial charge in [-0.3, -0.25) is 0 Å². The molecule has 0 atom stereocenters. The molecule has 6 nitrogen and oxygen atoms in total. The third-order valence-electron chi connectivity index (χ3n) is 5.37. The van der Waals surface area contributed by atoms with Crippen molar-refractivity contribution in [3.05, 3.63) is 64.9 Å². The van der Waals surface area contributed by atoms with Crippen molar-refractivity contribution < 1.29 is 26.4 Å². The second-order valence-electron chi connectivity index (χ2n) is 7.89. The predicted molar refractivity (Wildman–Crippen MR) is 135 cm³/mol. The number of anilines is 2. The maximum Gasteiger partial charge on any atom is 0.416 e. The largest absolute Gasteiger partial charge is 0.416 e. The SMILES string of the molecule is O=C(Nc1cccc(C(F)(F)F)c1)Nc1cc(S(=O)(=O)NC2CCSCC2)ccc1-c1ccsc1. The zero-order valence-corrected chi connectivity index (χ0v) is 20.7. The number of thiophene rings is 1. The summed E-state index contributed by atoms with van der Waals surface area (Å²) in [5.74, 6) is 1.76. The summed E-state index contributed by atoms with van der Waals surface area (Å²) >= 11 is 3.22. The van der Waals surface area contributed by atoms with E-state index in [1.807, 2.05) is 16.8 Å². The molecule has 1 aromatic heterocycles. The molecule has 1 aliphatic rings. The lowest BCUT2D eigenvalue weighted by atomic mass is 10.1. The van der Waals surface area contributed by atoms with Crippen LogP contribution in [0.5, 0.6) is 0 Å². The van der Waals surface area contributed by atoms with Gasteiger partial charge >= 0.3 is 12.2 Å². The van der Waals surface area contributed by atoms with Crippen LogP contribution in [0.4, 0.5) is 29.3 Å². The van der Waals surface area contributed by atoms with E-state index in [9.17, 15) is 26.4 Å². The first-order valence-electron chi connectivity index (χ1n) is 10.6. The van der Waals surface area contributed by atoms with Gasteiger partial charge in [0, 0.05) is 17.3 Å². The average molecular weight is 542 g/mol. The standard InChI is InChI=1S/C23H22F3N3O3S3/c24-23(25,26)16-2-1-3-18(12-16)27-22(30)28-21-13-19(4-5-20(21)15-6-9-34-14-15)35(31,32)29-17-7-10-33-11-8-17/h1-6,9,12-14,17,29H,7-8,10-11H2,(H2,27,28,30). The Bertz CT molecular complexity index is 1290. The Kier molecular flexibility index (Phi) is 7.74. The average Bonchev–Trinajstić information content (AvgIpc) is 3.34. The van der Waals surface area contributed by atoms with Gasteiger partial charge in [0.1, 0.15) is 0 Å². The first-order chi connectivity index (χ1) is 16.6. The number of sulfonamides is 1. The summed E-state index contributed by atoms with van der Waals surface area (Å²) in [6, 6.07) is 9.57. The van der Waals surface area contributed by atoms with Crippen LogP contribution in [0.25, 0.3) is 11.1 Å². The van der Waals surface area contributed by atoms with E-state index < -0.39 is 27.8 Å². The van der Waals surface area contributed by atoms with Crippen molar-refractivity contribution in [3.63, 3.8) is 0 Å². The van der Waals surface area contributed by atoms with Gasteiger partial charge in [-0.2, -0.15) is 36.3 Å². The third kappa shape index (κ3) is 6.57. The quantitative estimate of drug-likeness (QED) is 0.344. The van der Waals surface area contributed by atoms with Crippen LogP contribution in [0.1, 0.15) is 18.4 Å². The number of halogens is 3. The lowest BCUT2D eigenvalue weighted by Gasteiger charge is -2.22. The second-order valence-corrected chi connectivity index (χ2v) is 11.6. The van der Waals surface area contributed by atoms with Gasteiger partial charge in [-0.05, 0) is 77.1 Å². The molecule has 12 heteroatoms. The van der Waals surface area contributed by atoms with Gasteiger partial charge in [-0.25, -0.2) is 17.9 Å². The number of carbonyl (C=O) groups excluding carboxylic acids is 1. The molecule has 2 aromatic carbocycles. The Morgan fingerprint density at radius 1 is 1.00 bits per heavy atom. The molecular formula is C23H22F3N3O3S3. The molecule has 2 amide bonds. The van der Waals surface area contributed by atoms with Gasteiger partial charge in [-0.15, -0.1) is 0 Å². The molecule has 0 radical (unpaired) electrons. The number of urea groups is 1. The molecule has 1 aliphatic heterocycles. The molecule has 4 rings (SSSR count). The van der Waals surface area contributed by atoms with Crippen LogP contribution in [-0.2, 0) is 16.2 Å². The first-order valence-corrected chi connectivity index (χ1v) is 14.2. The fraction of sp³-hybridized carbons (Fsp3) is 0.261. The van der Waals surface area contributed by atoms with Gasteiger partial charge in [0.2, 0.25) is 10.0 Å². The summed E-state index contributed by atoms with van der Waals surface area (Å²) in [5, 5.41) is 8.67. The Balaban J connectivity index is 1.59. The van der Waals surface area contributed by atoms with Crippen LogP contribution in [0.15, 0.2) is 64.2 Å². The van der Waals surface area contributed by atoms with Gasteiger partial charge in [0.25, 0.3) is 0 Å². The van der Waals surface area contributed by atoms with Crippen LogP contribution in [0, 0.1) is 0 Å². The third-order valence-corrected chi connectivity index (χ3v) is 8.62. The maximum absolute atomic E-state index is 13.0. The maximum atomic E-state index is 13.0. The van der Waals surface area contributed by atoms with Crippen molar-refractivity contribution in [2.45, 2.75) is 30.0 Å². The zero-order chi connectivity index (χ0) is 25.1. The number of thioether (sulfide) groups is 1. The number of hydrogen-bond donors (Lipinski definition) is 3. The van der Waals surface area contributed by atoms with Crippen molar-refractivity contribution in [1.29, 1.82) is 0 Å². The van der Waals surface area contributed by atoms with Gasteiger partial charge in [0.05, 0.1) is 16.1 Å². The highest BCUT2D eigenvalue weighted by Gasteiger charge is 2.30. The first kappa shape index (κ1) is 25.5. The molecule has 35 heavy (non-hydrogen) atoms. The van der Waals surface area contributed by atoms with Crippen LogP contribution in [0.2, 0.25) is 0 Å². The van der Waals surface area contributed by atoms with Crippen molar-refractivity contribution in [2.75, 3.05) is 22.1 Å². The number of nitrogens with one attached hydrogen (secondary N) is 3. The molecule has 0 aliphatic carbocycles. The van der Waals surface area contributed by atoms with E-state index in [4.69, 9.17) is 0 Å². The highest BCUT2D eigenvalue weighted by atomic mass is 32.2. The van der Waals surface area contributed by atoms with Crippen LogP contribution in [-0.4, -0.2) is 32.0 Å². The van der Waals surface area contributed by atoms with E-state index in [1.165, 1.54) is 35.6 Å². The summed E-state index contributed by atoms with van der Waals surface area (Å²) in [7, 11) is -3.84. The molecule has 3 aromatic rings. The lowest BCUT2D eigenvalue weighted by molar-refractivity contribution is -0.137. The molecule has 0 unspecified atom stereocenters. The number of rotatable bonds is 6. The Morgan fingerprint density at radius 3 is 2.46 bits per heavy atom. The van der Waals surface area contributed by atoms with Crippen molar-refractivity contribution >= 4 is 50.5 Å². The van der Waals surface area contributed by atoms with E-state index in [0.717, 1.165) is 42.0 Å². The van der Waals surface area contributed by atoms with E-state index >= 15 is 0 Å². The number of amides is 2. The topological polar surface area (TPSA) is 87.3 Å². The fourth-order valence-corrected chi connectivity index (χ4v) is 6.72.